The molecule has 0 atom stereocenters. The van der Waals surface area contributed by atoms with E-state index in [4.69, 9.17) is 4.42 Å². The first-order valence-electron chi connectivity index (χ1n) is 8.56. The van der Waals surface area contributed by atoms with Crippen molar-refractivity contribution in [3.05, 3.63) is 48.3 Å². The number of benzene rings is 1. The molecule has 144 valence electrons. The second-order valence-electron chi connectivity index (χ2n) is 5.99. The molecule has 0 bridgehead atoms. The van der Waals surface area contributed by atoms with Crippen molar-refractivity contribution < 1.29 is 14.0 Å². The van der Waals surface area contributed by atoms with E-state index in [-0.39, 0.29) is 18.2 Å². The Kier molecular flexibility index (Phi) is 6.38. The van der Waals surface area contributed by atoms with Gasteiger partial charge in [-0.2, -0.15) is 0 Å². The van der Waals surface area contributed by atoms with Crippen LogP contribution in [0.3, 0.4) is 0 Å². The summed E-state index contributed by atoms with van der Waals surface area (Å²) < 4.78 is 5.58. The SMILES string of the molecule is CC(=O)Nc1ccc(C)cc1NC(=O)CCSc1nnc(-c2ccncc2)o1. The Bertz CT molecular complexity index is 975. The molecule has 2 amide bonds. The van der Waals surface area contributed by atoms with Gasteiger partial charge in [0, 0.05) is 37.1 Å². The molecule has 3 aromatic rings. The highest BCUT2D eigenvalue weighted by Crippen LogP contribution is 2.25. The zero-order valence-corrected chi connectivity index (χ0v) is 16.2. The first kappa shape index (κ1) is 19.6. The molecular formula is C19H19N5O3S. The van der Waals surface area contributed by atoms with E-state index >= 15 is 0 Å². The summed E-state index contributed by atoms with van der Waals surface area (Å²) in [6, 6.07) is 9.01. The van der Waals surface area contributed by atoms with Crippen LogP contribution in [0, 0.1) is 6.92 Å². The normalized spacial score (nSPS) is 10.5. The van der Waals surface area contributed by atoms with Crippen molar-refractivity contribution in [1.82, 2.24) is 15.2 Å². The molecule has 0 aliphatic rings. The van der Waals surface area contributed by atoms with Crippen LogP contribution in [0.2, 0.25) is 0 Å². The van der Waals surface area contributed by atoms with Gasteiger partial charge in [0.1, 0.15) is 0 Å². The van der Waals surface area contributed by atoms with Crippen molar-refractivity contribution >= 4 is 35.0 Å². The fraction of sp³-hybridized carbons (Fsp3) is 0.211. The Labute approximate surface area is 166 Å². The Hall–Kier alpha value is -3.20. The predicted molar refractivity (Wildman–Crippen MR) is 107 cm³/mol. The van der Waals surface area contributed by atoms with Gasteiger partial charge in [0.15, 0.2) is 0 Å². The van der Waals surface area contributed by atoms with E-state index < -0.39 is 0 Å². The van der Waals surface area contributed by atoms with Gasteiger partial charge in [-0.15, -0.1) is 10.2 Å². The first-order chi connectivity index (χ1) is 13.5. The number of nitrogens with one attached hydrogen (secondary N) is 2. The Morgan fingerprint density at radius 3 is 2.61 bits per heavy atom. The molecule has 2 heterocycles. The second kappa shape index (κ2) is 9.14. The number of nitrogens with zero attached hydrogens (tertiary/aromatic N) is 3. The molecule has 0 spiro atoms. The minimum absolute atomic E-state index is 0.168. The van der Waals surface area contributed by atoms with Crippen LogP contribution in [0.1, 0.15) is 18.9 Å². The molecule has 0 radical (unpaired) electrons. The lowest BCUT2D eigenvalue weighted by Gasteiger charge is -2.12. The van der Waals surface area contributed by atoms with Crippen LogP contribution >= 0.6 is 11.8 Å². The molecule has 0 aliphatic heterocycles. The van der Waals surface area contributed by atoms with Gasteiger partial charge in [0.25, 0.3) is 5.22 Å². The predicted octanol–water partition coefficient (Wildman–Crippen LogP) is 3.52. The summed E-state index contributed by atoms with van der Waals surface area (Å²) in [6.07, 6.45) is 3.56. The van der Waals surface area contributed by atoms with Gasteiger partial charge in [0.2, 0.25) is 17.7 Å². The average Bonchev–Trinajstić information content (AvgIpc) is 3.13. The summed E-state index contributed by atoms with van der Waals surface area (Å²) in [5, 5.41) is 13.9. The van der Waals surface area contributed by atoms with E-state index in [0.717, 1.165) is 11.1 Å². The standard InChI is InChI=1S/C19H19N5O3S/c1-12-3-4-15(21-13(2)25)16(11-12)22-17(26)7-10-28-19-24-23-18(27-19)14-5-8-20-9-6-14/h3-6,8-9,11H,7,10H2,1-2H3,(H,21,25)(H,22,26). The molecule has 0 saturated heterocycles. The Morgan fingerprint density at radius 2 is 1.86 bits per heavy atom. The molecule has 0 aliphatic carbocycles. The molecule has 2 N–H and O–H groups in total. The van der Waals surface area contributed by atoms with Crippen LogP contribution in [0.5, 0.6) is 0 Å². The molecular weight excluding hydrogens is 378 g/mol. The molecule has 2 aromatic heterocycles. The number of hydrogen-bond acceptors (Lipinski definition) is 7. The van der Waals surface area contributed by atoms with E-state index in [1.54, 1.807) is 30.6 Å². The quantitative estimate of drug-likeness (QED) is 0.587. The number of pyridine rings is 1. The molecule has 1 aromatic carbocycles. The maximum Gasteiger partial charge on any atom is 0.276 e. The number of carbonyl (C=O) groups is 2. The lowest BCUT2D eigenvalue weighted by Crippen LogP contribution is -2.15. The number of hydrogen-bond donors (Lipinski definition) is 2. The number of amides is 2. The van der Waals surface area contributed by atoms with Gasteiger partial charge in [0.05, 0.1) is 11.4 Å². The monoisotopic (exact) mass is 397 g/mol. The topological polar surface area (TPSA) is 110 Å². The molecule has 8 nitrogen and oxygen atoms in total. The Balaban J connectivity index is 1.54. The first-order valence-corrected chi connectivity index (χ1v) is 9.54. The van der Waals surface area contributed by atoms with Crippen LogP contribution in [-0.4, -0.2) is 32.7 Å². The molecule has 0 unspecified atom stereocenters. The van der Waals surface area contributed by atoms with Gasteiger partial charge < -0.3 is 15.1 Å². The summed E-state index contributed by atoms with van der Waals surface area (Å²) in [4.78, 5) is 27.5. The number of thioether (sulfide) groups is 1. The lowest BCUT2D eigenvalue weighted by atomic mass is 10.2. The Morgan fingerprint density at radius 1 is 1.07 bits per heavy atom. The smallest absolute Gasteiger partial charge is 0.276 e. The summed E-state index contributed by atoms with van der Waals surface area (Å²) >= 11 is 1.31. The zero-order valence-electron chi connectivity index (χ0n) is 15.4. The summed E-state index contributed by atoms with van der Waals surface area (Å²) in [5.41, 5.74) is 2.91. The number of anilines is 2. The van der Waals surface area contributed by atoms with Gasteiger partial charge >= 0.3 is 0 Å². The van der Waals surface area contributed by atoms with E-state index in [2.05, 4.69) is 25.8 Å². The lowest BCUT2D eigenvalue weighted by molar-refractivity contribution is -0.116. The molecule has 3 rings (SSSR count). The van der Waals surface area contributed by atoms with E-state index in [1.807, 2.05) is 19.1 Å². The van der Waals surface area contributed by atoms with Crippen LogP contribution in [-0.2, 0) is 9.59 Å². The van der Waals surface area contributed by atoms with Crippen molar-refractivity contribution in [2.24, 2.45) is 0 Å². The van der Waals surface area contributed by atoms with Crippen LogP contribution in [0.25, 0.3) is 11.5 Å². The minimum atomic E-state index is -0.198. The highest BCUT2D eigenvalue weighted by atomic mass is 32.2. The third kappa shape index (κ3) is 5.40. The molecule has 28 heavy (non-hydrogen) atoms. The van der Waals surface area contributed by atoms with Crippen LogP contribution in [0.15, 0.2) is 52.4 Å². The van der Waals surface area contributed by atoms with Gasteiger partial charge in [-0.05, 0) is 36.8 Å². The maximum atomic E-state index is 12.3. The van der Waals surface area contributed by atoms with Gasteiger partial charge in [-0.25, -0.2) is 0 Å². The van der Waals surface area contributed by atoms with Crippen LogP contribution < -0.4 is 10.6 Å². The third-order valence-electron chi connectivity index (χ3n) is 3.65. The van der Waals surface area contributed by atoms with Crippen molar-refractivity contribution in [2.45, 2.75) is 25.5 Å². The number of aromatic nitrogens is 3. The summed E-state index contributed by atoms with van der Waals surface area (Å²) in [7, 11) is 0. The summed E-state index contributed by atoms with van der Waals surface area (Å²) in [5.74, 6) is 0.523. The van der Waals surface area contributed by atoms with E-state index in [1.165, 1.54) is 18.7 Å². The largest absolute Gasteiger partial charge is 0.411 e. The van der Waals surface area contributed by atoms with Crippen molar-refractivity contribution in [3.8, 4) is 11.5 Å². The number of carbonyl (C=O) groups excluding carboxylic acids is 2. The van der Waals surface area contributed by atoms with Crippen molar-refractivity contribution in [2.75, 3.05) is 16.4 Å². The third-order valence-corrected chi connectivity index (χ3v) is 4.47. The number of aryl methyl sites for hydroxylation is 1. The van der Waals surface area contributed by atoms with Gasteiger partial charge in [-0.1, -0.05) is 17.8 Å². The van der Waals surface area contributed by atoms with Crippen LogP contribution in [0.4, 0.5) is 11.4 Å². The van der Waals surface area contributed by atoms with Crippen molar-refractivity contribution in [3.63, 3.8) is 0 Å². The van der Waals surface area contributed by atoms with Gasteiger partial charge in [-0.3, -0.25) is 14.6 Å². The molecule has 0 fully saturated rings. The molecule has 9 heteroatoms. The fourth-order valence-electron chi connectivity index (χ4n) is 2.38. The van der Waals surface area contributed by atoms with Crippen molar-refractivity contribution in [1.29, 1.82) is 0 Å². The maximum absolute atomic E-state index is 12.3. The average molecular weight is 397 g/mol. The number of rotatable bonds is 7. The summed E-state index contributed by atoms with van der Waals surface area (Å²) in [6.45, 7) is 3.34. The highest BCUT2D eigenvalue weighted by Gasteiger charge is 2.12. The zero-order chi connectivity index (χ0) is 19.9. The van der Waals surface area contributed by atoms with E-state index in [9.17, 15) is 9.59 Å². The fourth-order valence-corrected chi connectivity index (χ4v) is 3.08. The highest BCUT2D eigenvalue weighted by molar-refractivity contribution is 7.99. The molecule has 0 saturated carbocycles. The van der Waals surface area contributed by atoms with E-state index in [0.29, 0.717) is 28.2 Å². The second-order valence-corrected chi connectivity index (χ2v) is 7.03. The minimum Gasteiger partial charge on any atom is -0.411 e.